The third-order valence-electron chi connectivity index (χ3n) is 3.93. The van der Waals surface area contributed by atoms with Gasteiger partial charge in [0.25, 0.3) is 0 Å². The van der Waals surface area contributed by atoms with Crippen molar-refractivity contribution in [2.45, 2.75) is 72.8 Å². The summed E-state index contributed by atoms with van der Waals surface area (Å²) in [4.78, 5) is 2.60. The van der Waals surface area contributed by atoms with Crippen LogP contribution in [0.15, 0.2) is 0 Å². The van der Waals surface area contributed by atoms with E-state index in [0.29, 0.717) is 11.5 Å². The van der Waals surface area contributed by atoms with E-state index >= 15 is 0 Å². The highest BCUT2D eigenvalue weighted by atomic mass is 16.5. The average Bonchev–Trinajstić information content (AvgIpc) is 2.27. The van der Waals surface area contributed by atoms with Crippen LogP contribution in [0.25, 0.3) is 0 Å². The van der Waals surface area contributed by atoms with E-state index < -0.39 is 0 Å². The molecule has 114 valence electrons. The summed E-state index contributed by atoms with van der Waals surface area (Å²) in [6.07, 6.45) is 7.01. The maximum Gasteiger partial charge on any atom is 0.0702 e. The highest BCUT2D eigenvalue weighted by molar-refractivity contribution is 4.73. The molecule has 1 aliphatic rings. The van der Waals surface area contributed by atoms with Gasteiger partial charge in [-0.15, -0.1) is 0 Å². The molecule has 0 amide bonds. The molecule has 2 nitrogen and oxygen atoms in total. The molecule has 0 aromatic carbocycles. The fraction of sp³-hybridized carbons (Fsp3) is 1.00. The Morgan fingerprint density at radius 2 is 1.95 bits per heavy atom. The Labute approximate surface area is 120 Å². The minimum Gasteiger partial charge on any atom is -0.376 e. The molecule has 1 heterocycles. The zero-order valence-electron chi connectivity index (χ0n) is 13.9. The lowest BCUT2D eigenvalue weighted by Gasteiger charge is -2.33. The number of ether oxygens (including phenoxy) is 1. The summed E-state index contributed by atoms with van der Waals surface area (Å²) in [6, 6.07) is 0. The van der Waals surface area contributed by atoms with Crippen molar-refractivity contribution in [3.05, 3.63) is 0 Å². The van der Waals surface area contributed by atoms with Crippen molar-refractivity contribution < 1.29 is 4.74 Å². The number of morpholine rings is 1. The second-order valence-electron chi connectivity index (χ2n) is 7.78. The van der Waals surface area contributed by atoms with Crippen molar-refractivity contribution in [1.29, 1.82) is 0 Å². The van der Waals surface area contributed by atoms with Gasteiger partial charge in [-0.2, -0.15) is 0 Å². The van der Waals surface area contributed by atoms with E-state index in [1.165, 1.54) is 38.6 Å². The monoisotopic (exact) mass is 269 g/mol. The zero-order valence-corrected chi connectivity index (χ0v) is 13.9. The van der Waals surface area contributed by atoms with Crippen LogP contribution in [0, 0.1) is 11.3 Å². The summed E-state index contributed by atoms with van der Waals surface area (Å²) in [5.74, 6) is 0.837. The minimum atomic E-state index is 0.464. The zero-order chi connectivity index (χ0) is 14.3. The molecule has 2 heteroatoms. The van der Waals surface area contributed by atoms with Gasteiger partial charge in [0.15, 0.2) is 0 Å². The van der Waals surface area contributed by atoms with Gasteiger partial charge >= 0.3 is 0 Å². The molecule has 1 rings (SSSR count). The normalized spacial score (nSPS) is 22.1. The second kappa shape index (κ2) is 8.26. The van der Waals surface area contributed by atoms with Crippen LogP contribution in [0.2, 0.25) is 0 Å². The maximum absolute atomic E-state index is 5.91. The van der Waals surface area contributed by atoms with Crippen molar-refractivity contribution in [2.75, 3.05) is 26.2 Å². The Morgan fingerprint density at radius 3 is 2.58 bits per heavy atom. The first-order valence-electron chi connectivity index (χ1n) is 8.21. The fourth-order valence-electron chi connectivity index (χ4n) is 2.74. The van der Waals surface area contributed by atoms with Gasteiger partial charge < -0.3 is 4.74 Å². The van der Waals surface area contributed by atoms with Gasteiger partial charge in [0.1, 0.15) is 0 Å². The van der Waals surface area contributed by atoms with Crippen LogP contribution < -0.4 is 0 Å². The van der Waals surface area contributed by atoms with Crippen LogP contribution in [0.3, 0.4) is 0 Å². The molecule has 1 aliphatic heterocycles. The lowest BCUT2D eigenvalue weighted by atomic mass is 9.89. The van der Waals surface area contributed by atoms with E-state index in [1.54, 1.807) is 0 Å². The smallest absolute Gasteiger partial charge is 0.0702 e. The van der Waals surface area contributed by atoms with Crippen molar-refractivity contribution in [3.8, 4) is 0 Å². The standard InChI is InChI=1S/C17H35NO/c1-15(2)8-7-11-18-12-13-19-16(14-18)9-6-10-17(3,4)5/h15-16H,6-14H2,1-5H3/t16-/m1/s1. The lowest BCUT2D eigenvalue weighted by molar-refractivity contribution is -0.0342. The molecule has 0 radical (unpaired) electrons. The largest absolute Gasteiger partial charge is 0.376 e. The molecule has 0 aliphatic carbocycles. The van der Waals surface area contributed by atoms with E-state index in [0.717, 1.165) is 25.6 Å². The minimum absolute atomic E-state index is 0.464. The van der Waals surface area contributed by atoms with Crippen LogP contribution in [0.1, 0.15) is 66.7 Å². The first-order valence-corrected chi connectivity index (χ1v) is 8.21. The molecule has 0 saturated carbocycles. The van der Waals surface area contributed by atoms with Gasteiger partial charge in [0, 0.05) is 13.1 Å². The van der Waals surface area contributed by atoms with Crippen LogP contribution in [-0.4, -0.2) is 37.2 Å². The lowest BCUT2D eigenvalue weighted by Crippen LogP contribution is -2.42. The van der Waals surface area contributed by atoms with Gasteiger partial charge in [0.05, 0.1) is 12.7 Å². The first kappa shape index (κ1) is 17.0. The summed E-state index contributed by atoms with van der Waals surface area (Å²) >= 11 is 0. The van der Waals surface area contributed by atoms with Gasteiger partial charge in [-0.1, -0.05) is 41.0 Å². The second-order valence-corrected chi connectivity index (χ2v) is 7.78. The van der Waals surface area contributed by atoms with Crippen molar-refractivity contribution in [2.24, 2.45) is 11.3 Å². The van der Waals surface area contributed by atoms with Crippen LogP contribution in [0.5, 0.6) is 0 Å². The summed E-state index contributed by atoms with van der Waals surface area (Å²) < 4.78 is 5.91. The summed E-state index contributed by atoms with van der Waals surface area (Å²) in [7, 11) is 0. The van der Waals surface area contributed by atoms with E-state index in [2.05, 4.69) is 39.5 Å². The maximum atomic E-state index is 5.91. The first-order chi connectivity index (χ1) is 8.87. The Hall–Kier alpha value is -0.0800. The molecule has 0 N–H and O–H groups in total. The fourth-order valence-corrected chi connectivity index (χ4v) is 2.74. The number of hydrogen-bond acceptors (Lipinski definition) is 2. The number of rotatable bonds is 7. The Bertz CT molecular complexity index is 232. The van der Waals surface area contributed by atoms with E-state index in [9.17, 15) is 0 Å². The molecule has 0 spiro atoms. The molecular formula is C17H35NO. The highest BCUT2D eigenvalue weighted by Gasteiger charge is 2.20. The average molecular weight is 269 g/mol. The Morgan fingerprint density at radius 1 is 1.21 bits per heavy atom. The van der Waals surface area contributed by atoms with Crippen LogP contribution in [-0.2, 0) is 4.74 Å². The predicted molar refractivity (Wildman–Crippen MR) is 83.6 cm³/mol. The van der Waals surface area contributed by atoms with Crippen molar-refractivity contribution in [3.63, 3.8) is 0 Å². The molecule has 1 saturated heterocycles. The van der Waals surface area contributed by atoms with E-state index in [1.807, 2.05) is 0 Å². The molecule has 1 atom stereocenters. The Balaban J connectivity index is 2.15. The van der Waals surface area contributed by atoms with E-state index in [4.69, 9.17) is 4.74 Å². The molecule has 1 fully saturated rings. The third-order valence-corrected chi connectivity index (χ3v) is 3.93. The highest BCUT2D eigenvalue weighted by Crippen LogP contribution is 2.23. The summed E-state index contributed by atoms with van der Waals surface area (Å²) in [5, 5.41) is 0. The van der Waals surface area contributed by atoms with Crippen molar-refractivity contribution in [1.82, 2.24) is 4.90 Å². The number of hydrogen-bond donors (Lipinski definition) is 0. The van der Waals surface area contributed by atoms with Gasteiger partial charge in [-0.05, 0) is 43.6 Å². The molecule has 0 bridgehead atoms. The van der Waals surface area contributed by atoms with E-state index in [-0.39, 0.29) is 0 Å². The summed E-state index contributed by atoms with van der Waals surface area (Å²) in [5.41, 5.74) is 0.464. The SMILES string of the molecule is CC(C)CCCN1CCO[C@H](CCCC(C)(C)C)C1. The molecule has 0 unspecified atom stereocenters. The molecule has 19 heavy (non-hydrogen) atoms. The molecular weight excluding hydrogens is 234 g/mol. The van der Waals surface area contributed by atoms with Gasteiger partial charge in [-0.25, -0.2) is 0 Å². The topological polar surface area (TPSA) is 12.5 Å². The quantitative estimate of drug-likeness (QED) is 0.681. The van der Waals surface area contributed by atoms with Gasteiger partial charge in [0.2, 0.25) is 0 Å². The Kier molecular flexibility index (Phi) is 7.38. The predicted octanol–water partition coefficient (Wildman–Crippen LogP) is 4.34. The third kappa shape index (κ3) is 8.65. The van der Waals surface area contributed by atoms with Crippen LogP contribution >= 0.6 is 0 Å². The van der Waals surface area contributed by atoms with Crippen molar-refractivity contribution >= 4 is 0 Å². The molecule has 0 aromatic heterocycles. The summed E-state index contributed by atoms with van der Waals surface area (Å²) in [6.45, 7) is 16.1. The van der Waals surface area contributed by atoms with Crippen LogP contribution in [0.4, 0.5) is 0 Å². The van der Waals surface area contributed by atoms with Gasteiger partial charge in [-0.3, -0.25) is 4.90 Å². The molecule has 0 aromatic rings. The number of nitrogens with zero attached hydrogens (tertiary/aromatic N) is 1.